The average Bonchev–Trinajstić information content (AvgIpc) is 3.64. The number of rotatable bonds is 11. The topological polar surface area (TPSA) is 148 Å². The molecular weight excluding hydrogens is 518 g/mol. The smallest absolute Gasteiger partial charge is 0.303 e. The Kier molecular flexibility index (Phi) is 11.5. The molecule has 11 heteroatoms. The summed E-state index contributed by atoms with van der Waals surface area (Å²) in [5.41, 5.74) is 5.53. The van der Waals surface area contributed by atoms with Gasteiger partial charge in [0.2, 0.25) is 11.8 Å². The van der Waals surface area contributed by atoms with Crippen molar-refractivity contribution in [3.63, 3.8) is 0 Å². The van der Waals surface area contributed by atoms with Gasteiger partial charge in [-0.25, -0.2) is 5.43 Å². The number of aliphatic hydroxyl groups is 1. The fraction of sp³-hybridized carbons (Fsp3) is 0.690. The van der Waals surface area contributed by atoms with E-state index in [-0.39, 0.29) is 48.5 Å². The van der Waals surface area contributed by atoms with Crippen molar-refractivity contribution in [1.29, 1.82) is 0 Å². The van der Waals surface area contributed by atoms with Crippen LogP contribution in [0.2, 0.25) is 0 Å². The maximum Gasteiger partial charge on any atom is 0.303 e. The number of hydrogen-bond acceptors (Lipinski definition) is 9. The third-order valence-electron chi connectivity index (χ3n) is 7.60. The Hall–Kier alpha value is -2.57. The normalized spacial score (nSPS) is 35.1. The number of epoxide rings is 1. The van der Waals surface area contributed by atoms with E-state index in [0.717, 1.165) is 12.0 Å². The molecule has 0 bridgehead atoms. The lowest BCUT2D eigenvalue weighted by Crippen LogP contribution is -2.51. The highest BCUT2D eigenvalue weighted by Crippen LogP contribution is 2.43. The van der Waals surface area contributed by atoms with Crippen LogP contribution < -0.4 is 16.2 Å². The summed E-state index contributed by atoms with van der Waals surface area (Å²) in [6, 6.07) is -0.123. The molecule has 3 aliphatic rings. The molecule has 0 aromatic rings. The summed E-state index contributed by atoms with van der Waals surface area (Å²) in [4.78, 5) is 35.4. The van der Waals surface area contributed by atoms with Crippen LogP contribution in [0.3, 0.4) is 0 Å². The second-order valence-electron chi connectivity index (χ2n) is 11.2. The molecule has 3 saturated heterocycles. The van der Waals surface area contributed by atoms with Gasteiger partial charge in [0.05, 0.1) is 37.4 Å². The summed E-state index contributed by atoms with van der Waals surface area (Å²) < 4.78 is 22.9. The molecule has 3 fully saturated rings. The zero-order valence-corrected chi connectivity index (χ0v) is 24.3. The van der Waals surface area contributed by atoms with Crippen LogP contribution in [0.5, 0.6) is 0 Å². The van der Waals surface area contributed by atoms with E-state index in [1.54, 1.807) is 20.0 Å². The van der Waals surface area contributed by atoms with E-state index in [9.17, 15) is 19.5 Å². The van der Waals surface area contributed by atoms with E-state index < -0.39 is 29.9 Å². The molecule has 0 aromatic carbocycles. The first-order chi connectivity index (χ1) is 18.9. The first-order valence-electron chi connectivity index (χ1n) is 14.0. The van der Waals surface area contributed by atoms with Crippen LogP contribution in [0.15, 0.2) is 36.0 Å². The van der Waals surface area contributed by atoms with E-state index in [1.807, 2.05) is 26.0 Å². The summed E-state index contributed by atoms with van der Waals surface area (Å²) in [5, 5.41) is 13.8. The van der Waals surface area contributed by atoms with E-state index in [4.69, 9.17) is 18.9 Å². The molecular formula is C29H45N3O8. The molecule has 0 aliphatic carbocycles. The van der Waals surface area contributed by atoms with Crippen molar-refractivity contribution in [3.05, 3.63) is 36.0 Å². The highest BCUT2D eigenvalue weighted by atomic mass is 16.6. The zero-order chi connectivity index (χ0) is 29.4. The second-order valence-corrected chi connectivity index (χ2v) is 11.2. The Bertz CT molecular complexity index is 992. The van der Waals surface area contributed by atoms with Crippen molar-refractivity contribution in [2.24, 2.45) is 5.92 Å². The maximum atomic E-state index is 12.4. The number of ether oxygens (including phenoxy) is 4. The number of allylic oxidation sites excluding steroid dienone is 2. The van der Waals surface area contributed by atoms with Gasteiger partial charge in [-0.15, -0.1) is 0 Å². The standard InChI is InChI=1S/C29H45N3O8/c1-17(8-11-25-28(36)29(16-37-29)15-22(40-25)14-27(35)32-30-6)7-10-24-18(2)13-23(20(4)39-24)31-26(34)12-9-19(3)38-21(5)33/h7-9,11-12,18-20,22-25,28,30,36H,10,13-16H2,1-6H3,(H,31,34)(H,32,35)/t18-,19?,20+,22+,23+,24-,25+,28+,29+/m0/s1. The van der Waals surface area contributed by atoms with Gasteiger partial charge in [-0.1, -0.05) is 30.7 Å². The van der Waals surface area contributed by atoms with Crippen molar-refractivity contribution >= 4 is 17.8 Å². The van der Waals surface area contributed by atoms with Crippen LogP contribution in [-0.2, 0) is 33.3 Å². The van der Waals surface area contributed by atoms with Crippen LogP contribution in [0.1, 0.15) is 60.3 Å². The van der Waals surface area contributed by atoms with Crippen LogP contribution in [0, 0.1) is 5.92 Å². The minimum atomic E-state index is -0.797. The number of aliphatic hydroxyl groups excluding tert-OH is 1. The highest BCUT2D eigenvalue weighted by molar-refractivity contribution is 5.87. The van der Waals surface area contributed by atoms with Crippen LogP contribution in [0.25, 0.3) is 0 Å². The van der Waals surface area contributed by atoms with Crippen molar-refractivity contribution < 1.29 is 38.4 Å². The first-order valence-corrected chi connectivity index (χ1v) is 14.0. The summed E-state index contributed by atoms with van der Waals surface area (Å²) in [7, 11) is 1.63. The molecule has 0 saturated carbocycles. The third kappa shape index (κ3) is 9.24. The predicted octanol–water partition coefficient (Wildman–Crippen LogP) is 1.61. The van der Waals surface area contributed by atoms with Crippen LogP contribution in [0.4, 0.5) is 0 Å². The lowest BCUT2D eigenvalue weighted by molar-refractivity contribution is -0.146. The van der Waals surface area contributed by atoms with Crippen molar-refractivity contribution in [3.8, 4) is 0 Å². The molecule has 4 N–H and O–H groups in total. The quantitative estimate of drug-likeness (QED) is 0.0968. The van der Waals surface area contributed by atoms with Gasteiger partial charge in [-0.2, -0.15) is 0 Å². The molecule has 0 aromatic heterocycles. The summed E-state index contributed by atoms with van der Waals surface area (Å²) >= 11 is 0. The molecule has 3 heterocycles. The molecule has 11 nitrogen and oxygen atoms in total. The SMILES string of the molecule is CNNC(=O)C[C@@H]1C[C@@]2(CO2)[C@H](O)[C@@H](C=CC(C)=CC[C@@H]2O[C@H](C)[C@H](NC(=O)C=CC(C)OC(C)=O)C[C@@H]2C)O1. The molecule has 0 radical (unpaired) electrons. The third-order valence-corrected chi connectivity index (χ3v) is 7.60. The van der Waals surface area contributed by atoms with Crippen LogP contribution in [-0.4, -0.2) is 84.8 Å². The fourth-order valence-corrected chi connectivity index (χ4v) is 5.28. The number of amides is 2. The molecule has 2 amide bonds. The average molecular weight is 564 g/mol. The Morgan fingerprint density at radius 1 is 1.18 bits per heavy atom. The number of nitrogens with one attached hydrogen (secondary N) is 3. The van der Waals surface area contributed by atoms with Crippen LogP contribution >= 0.6 is 0 Å². The van der Waals surface area contributed by atoms with Crippen molar-refractivity contribution in [2.45, 2.75) is 109 Å². The Balaban J connectivity index is 1.50. The molecule has 1 spiro atoms. The van der Waals surface area contributed by atoms with E-state index >= 15 is 0 Å². The Labute approximate surface area is 236 Å². The fourth-order valence-electron chi connectivity index (χ4n) is 5.28. The Morgan fingerprint density at radius 3 is 2.55 bits per heavy atom. The molecule has 9 atom stereocenters. The first kappa shape index (κ1) is 32.0. The van der Waals surface area contributed by atoms with Gasteiger partial charge in [0.15, 0.2) is 0 Å². The molecule has 3 rings (SSSR count). The molecule has 224 valence electrons. The van der Waals surface area contributed by atoms with Gasteiger partial charge in [0, 0.05) is 26.5 Å². The summed E-state index contributed by atoms with van der Waals surface area (Å²) in [5.74, 6) is -0.603. The molecule has 1 unspecified atom stereocenters. The minimum Gasteiger partial charge on any atom is -0.459 e. The minimum absolute atomic E-state index is 0.000699. The number of carbonyl (C=O) groups excluding carboxylic acids is 3. The van der Waals surface area contributed by atoms with Gasteiger partial charge in [-0.3, -0.25) is 19.8 Å². The zero-order valence-electron chi connectivity index (χ0n) is 24.3. The lowest BCUT2D eigenvalue weighted by atomic mass is 9.87. The summed E-state index contributed by atoms with van der Waals surface area (Å²) in [6.07, 6.45) is 8.57. The molecule has 3 aliphatic heterocycles. The van der Waals surface area contributed by atoms with Gasteiger partial charge in [0.25, 0.3) is 0 Å². The van der Waals surface area contributed by atoms with E-state index in [0.29, 0.717) is 19.4 Å². The summed E-state index contributed by atoms with van der Waals surface area (Å²) in [6.45, 7) is 9.53. The second kappa shape index (κ2) is 14.4. The number of hydrogen-bond donors (Lipinski definition) is 4. The number of carbonyl (C=O) groups is 3. The van der Waals surface area contributed by atoms with Gasteiger partial charge in [-0.05, 0) is 45.6 Å². The van der Waals surface area contributed by atoms with E-state index in [2.05, 4.69) is 29.2 Å². The molecule has 40 heavy (non-hydrogen) atoms. The monoisotopic (exact) mass is 563 g/mol. The number of esters is 1. The van der Waals surface area contributed by atoms with Crippen molar-refractivity contribution in [1.82, 2.24) is 16.2 Å². The number of hydrazine groups is 1. The Morgan fingerprint density at radius 2 is 1.90 bits per heavy atom. The largest absolute Gasteiger partial charge is 0.459 e. The highest BCUT2D eigenvalue weighted by Gasteiger charge is 2.58. The lowest BCUT2D eigenvalue weighted by Gasteiger charge is -2.39. The predicted molar refractivity (Wildman–Crippen MR) is 148 cm³/mol. The van der Waals surface area contributed by atoms with Gasteiger partial charge >= 0.3 is 5.97 Å². The van der Waals surface area contributed by atoms with Gasteiger partial charge in [0.1, 0.15) is 23.9 Å². The van der Waals surface area contributed by atoms with Gasteiger partial charge < -0.3 is 29.4 Å². The van der Waals surface area contributed by atoms with E-state index in [1.165, 1.54) is 13.0 Å². The maximum absolute atomic E-state index is 12.4. The van der Waals surface area contributed by atoms with Crippen molar-refractivity contribution in [2.75, 3.05) is 13.7 Å².